The largest absolute Gasteiger partial charge is 0.504 e. The molecule has 0 amide bonds. The van der Waals surface area contributed by atoms with Gasteiger partial charge in [0.2, 0.25) is 0 Å². The van der Waals surface area contributed by atoms with Crippen LogP contribution in [-0.4, -0.2) is 19.2 Å². The number of hydrogen-bond donors (Lipinski definition) is 2. The van der Waals surface area contributed by atoms with Gasteiger partial charge < -0.3 is 10.1 Å². The van der Waals surface area contributed by atoms with Crippen LogP contribution in [0, 0.1) is 5.92 Å². The van der Waals surface area contributed by atoms with Crippen molar-refractivity contribution in [1.29, 1.82) is 0 Å². The number of fused-ring (bicyclic) bond motifs is 1. The van der Waals surface area contributed by atoms with E-state index >= 15 is 0 Å². The zero-order valence-corrected chi connectivity index (χ0v) is 13.3. The van der Waals surface area contributed by atoms with Gasteiger partial charge >= 0.3 is 5.69 Å². The number of aromatic hydroxyl groups is 1. The molecule has 0 bridgehead atoms. The Morgan fingerprint density at radius 2 is 1.83 bits per heavy atom. The van der Waals surface area contributed by atoms with Crippen molar-refractivity contribution in [1.82, 2.24) is 14.1 Å². The molecule has 120 valence electrons. The average Bonchev–Trinajstić information content (AvgIpc) is 2.88. The highest BCUT2D eigenvalue weighted by Crippen LogP contribution is 2.33. The molecule has 0 unspecified atom stereocenters. The summed E-state index contributed by atoms with van der Waals surface area (Å²) in [6, 6.07) is 9.21. The summed E-state index contributed by atoms with van der Waals surface area (Å²) in [5.74, 6) is 0.0783. The lowest BCUT2D eigenvalue weighted by Crippen LogP contribution is -2.40. The van der Waals surface area contributed by atoms with Gasteiger partial charge in [0.1, 0.15) is 11.0 Å². The molecule has 0 spiro atoms. The van der Waals surface area contributed by atoms with E-state index in [-0.39, 0.29) is 22.7 Å². The Bertz CT molecular complexity index is 978. The van der Waals surface area contributed by atoms with Gasteiger partial charge in [-0.1, -0.05) is 44.2 Å². The number of aromatic amines is 1. The second-order valence-corrected chi connectivity index (χ2v) is 6.09. The number of aryl methyl sites for hydroxylation is 1. The first-order valence-corrected chi connectivity index (χ1v) is 7.51. The van der Waals surface area contributed by atoms with Crippen molar-refractivity contribution < 1.29 is 5.11 Å². The summed E-state index contributed by atoms with van der Waals surface area (Å²) >= 11 is 0. The maximum absolute atomic E-state index is 12.6. The van der Waals surface area contributed by atoms with E-state index < -0.39 is 11.2 Å². The molecule has 0 radical (unpaired) electrons. The molecule has 2 N–H and O–H groups in total. The second-order valence-electron chi connectivity index (χ2n) is 6.09. The van der Waals surface area contributed by atoms with Crippen molar-refractivity contribution in [2.45, 2.75) is 20.4 Å². The molecule has 1 aromatic carbocycles. The van der Waals surface area contributed by atoms with Gasteiger partial charge in [0.15, 0.2) is 5.75 Å². The minimum Gasteiger partial charge on any atom is -0.504 e. The SMILES string of the molecule is CC(C)Cn1c(=O)c2[nH]c(-c3ccccc3)c(O)c2n(C)c1=O. The normalized spacial score (nSPS) is 11.5. The maximum atomic E-state index is 12.6. The van der Waals surface area contributed by atoms with Crippen molar-refractivity contribution in [2.24, 2.45) is 13.0 Å². The van der Waals surface area contributed by atoms with Gasteiger partial charge in [0.25, 0.3) is 5.56 Å². The third kappa shape index (κ3) is 2.36. The molecule has 6 nitrogen and oxygen atoms in total. The monoisotopic (exact) mass is 313 g/mol. The Kier molecular flexibility index (Phi) is 3.60. The van der Waals surface area contributed by atoms with Gasteiger partial charge in [0.05, 0.1) is 5.69 Å². The summed E-state index contributed by atoms with van der Waals surface area (Å²) in [5.41, 5.74) is 0.834. The van der Waals surface area contributed by atoms with Crippen molar-refractivity contribution >= 4 is 11.0 Å². The molecule has 3 aromatic rings. The topological polar surface area (TPSA) is 80.0 Å². The maximum Gasteiger partial charge on any atom is 0.331 e. The van der Waals surface area contributed by atoms with Crippen LogP contribution in [0.2, 0.25) is 0 Å². The highest BCUT2D eigenvalue weighted by atomic mass is 16.3. The number of hydrogen-bond acceptors (Lipinski definition) is 3. The molecule has 23 heavy (non-hydrogen) atoms. The van der Waals surface area contributed by atoms with Gasteiger partial charge in [-0.05, 0) is 5.92 Å². The molecule has 0 atom stereocenters. The first-order valence-electron chi connectivity index (χ1n) is 7.51. The quantitative estimate of drug-likeness (QED) is 0.776. The molecule has 0 aliphatic carbocycles. The third-order valence-electron chi connectivity index (χ3n) is 3.87. The summed E-state index contributed by atoms with van der Waals surface area (Å²) in [6.07, 6.45) is 0. The molecule has 0 aliphatic rings. The van der Waals surface area contributed by atoms with E-state index in [1.54, 1.807) is 7.05 Å². The lowest BCUT2D eigenvalue weighted by molar-refractivity contribution is 0.472. The molecule has 0 saturated carbocycles. The van der Waals surface area contributed by atoms with E-state index in [0.717, 1.165) is 5.56 Å². The summed E-state index contributed by atoms with van der Waals surface area (Å²) < 4.78 is 2.52. The van der Waals surface area contributed by atoms with E-state index in [0.29, 0.717) is 12.2 Å². The summed E-state index contributed by atoms with van der Waals surface area (Å²) in [5, 5.41) is 10.5. The van der Waals surface area contributed by atoms with Crippen molar-refractivity contribution in [2.75, 3.05) is 0 Å². The zero-order valence-electron chi connectivity index (χ0n) is 13.3. The van der Waals surface area contributed by atoms with Crippen molar-refractivity contribution in [3.63, 3.8) is 0 Å². The van der Waals surface area contributed by atoms with Crippen molar-refractivity contribution in [3.05, 3.63) is 51.2 Å². The van der Waals surface area contributed by atoms with Gasteiger partial charge in [-0.3, -0.25) is 13.9 Å². The molecular formula is C17H19N3O3. The van der Waals surface area contributed by atoms with E-state index in [1.807, 2.05) is 44.2 Å². The van der Waals surface area contributed by atoms with Crippen LogP contribution >= 0.6 is 0 Å². The van der Waals surface area contributed by atoms with E-state index in [1.165, 1.54) is 9.13 Å². The predicted molar refractivity (Wildman–Crippen MR) is 89.7 cm³/mol. The summed E-state index contributed by atoms with van der Waals surface area (Å²) in [7, 11) is 1.56. The van der Waals surface area contributed by atoms with Crippen LogP contribution < -0.4 is 11.2 Å². The highest BCUT2D eigenvalue weighted by Gasteiger charge is 2.20. The fraction of sp³-hybridized carbons (Fsp3) is 0.294. The molecule has 0 fully saturated rings. The number of nitrogens with zero attached hydrogens (tertiary/aromatic N) is 2. The van der Waals surface area contributed by atoms with Gasteiger partial charge in [0, 0.05) is 19.2 Å². The number of nitrogens with one attached hydrogen (secondary N) is 1. The summed E-state index contributed by atoms with van der Waals surface area (Å²) in [4.78, 5) is 28.1. The molecular weight excluding hydrogens is 294 g/mol. The number of aromatic nitrogens is 3. The van der Waals surface area contributed by atoms with E-state index in [2.05, 4.69) is 4.98 Å². The fourth-order valence-corrected chi connectivity index (χ4v) is 2.80. The van der Waals surface area contributed by atoms with Gasteiger partial charge in [-0.15, -0.1) is 0 Å². The van der Waals surface area contributed by atoms with Crippen LogP contribution in [-0.2, 0) is 13.6 Å². The predicted octanol–water partition coefficient (Wildman–Crippen LogP) is 2.06. The minimum absolute atomic E-state index is 0.0837. The zero-order chi connectivity index (χ0) is 16.7. The van der Waals surface area contributed by atoms with Crippen LogP contribution in [0.4, 0.5) is 0 Å². The summed E-state index contributed by atoms with van der Waals surface area (Å²) in [6.45, 7) is 4.22. The Morgan fingerprint density at radius 1 is 1.17 bits per heavy atom. The van der Waals surface area contributed by atoms with Gasteiger partial charge in [-0.25, -0.2) is 4.79 Å². The van der Waals surface area contributed by atoms with Crippen LogP contribution in [0.3, 0.4) is 0 Å². The van der Waals surface area contributed by atoms with Crippen LogP contribution in [0.5, 0.6) is 5.75 Å². The Balaban J connectivity index is 2.37. The molecule has 0 aliphatic heterocycles. The number of benzene rings is 1. The second kappa shape index (κ2) is 5.46. The Hall–Kier alpha value is -2.76. The minimum atomic E-state index is -0.426. The lowest BCUT2D eigenvalue weighted by Gasteiger charge is -2.10. The molecule has 2 heterocycles. The van der Waals surface area contributed by atoms with Crippen LogP contribution in [0.1, 0.15) is 13.8 Å². The standard InChI is InChI=1S/C17H19N3O3/c1-10(2)9-20-16(22)13-14(19(3)17(20)23)15(21)12(18-13)11-7-5-4-6-8-11/h4-8,10,18,21H,9H2,1-3H3. The molecule has 6 heteroatoms. The van der Waals surface area contributed by atoms with E-state index in [9.17, 15) is 14.7 Å². The molecule has 2 aromatic heterocycles. The fourth-order valence-electron chi connectivity index (χ4n) is 2.80. The number of H-pyrrole nitrogens is 1. The Morgan fingerprint density at radius 3 is 2.43 bits per heavy atom. The highest BCUT2D eigenvalue weighted by molar-refractivity contribution is 5.90. The average molecular weight is 313 g/mol. The smallest absolute Gasteiger partial charge is 0.331 e. The van der Waals surface area contributed by atoms with Crippen LogP contribution in [0.15, 0.2) is 39.9 Å². The Labute approximate surface area is 132 Å². The van der Waals surface area contributed by atoms with E-state index in [4.69, 9.17) is 0 Å². The molecule has 0 saturated heterocycles. The van der Waals surface area contributed by atoms with Crippen molar-refractivity contribution in [3.8, 4) is 17.0 Å². The van der Waals surface area contributed by atoms with Gasteiger partial charge in [-0.2, -0.15) is 0 Å². The first kappa shape index (κ1) is 15.1. The lowest BCUT2D eigenvalue weighted by atomic mass is 10.1. The molecule has 3 rings (SSSR count). The van der Waals surface area contributed by atoms with Crippen LogP contribution in [0.25, 0.3) is 22.3 Å². The number of rotatable bonds is 3. The first-order chi connectivity index (χ1) is 10.9. The third-order valence-corrected chi connectivity index (χ3v) is 3.87.